The molecular formula is C18H20N2O2. The van der Waals surface area contributed by atoms with Crippen molar-refractivity contribution in [1.29, 1.82) is 0 Å². The largest absolute Gasteiger partial charge is 0.383 e. The molecule has 0 aliphatic rings. The van der Waals surface area contributed by atoms with Gasteiger partial charge in [-0.3, -0.25) is 4.79 Å². The van der Waals surface area contributed by atoms with E-state index in [4.69, 9.17) is 4.84 Å². The van der Waals surface area contributed by atoms with Gasteiger partial charge in [0.15, 0.2) is 0 Å². The maximum atomic E-state index is 12.0. The first-order chi connectivity index (χ1) is 10.6. The van der Waals surface area contributed by atoms with E-state index in [9.17, 15) is 4.79 Å². The molecule has 0 aromatic heterocycles. The zero-order chi connectivity index (χ0) is 15.9. The number of nitrogens with zero attached hydrogens (tertiary/aromatic N) is 1. The number of benzene rings is 2. The van der Waals surface area contributed by atoms with Crippen molar-refractivity contribution in [3.05, 3.63) is 65.2 Å². The van der Waals surface area contributed by atoms with Gasteiger partial charge in [-0.05, 0) is 49.6 Å². The molecule has 0 radical (unpaired) electrons. The van der Waals surface area contributed by atoms with Crippen LogP contribution < -0.4 is 5.32 Å². The summed E-state index contributed by atoms with van der Waals surface area (Å²) < 4.78 is 0. The van der Waals surface area contributed by atoms with Crippen LogP contribution in [0.5, 0.6) is 0 Å². The number of carbonyl (C=O) groups excluding carboxylic acids is 1. The van der Waals surface area contributed by atoms with Gasteiger partial charge in [-0.2, -0.15) is 0 Å². The average molecular weight is 296 g/mol. The molecule has 0 aliphatic heterocycles. The third-order valence-corrected chi connectivity index (χ3v) is 3.25. The number of oxime groups is 1. The molecule has 4 nitrogen and oxygen atoms in total. The van der Waals surface area contributed by atoms with Crippen molar-refractivity contribution in [3.63, 3.8) is 0 Å². The second-order valence-electron chi connectivity index (χ2n) is 5.20. The fourth-order valence-electron chi connectivity index (χ4n) is 1.92. The zero-order valence-corrected chi connectivity index (χ0v) is 13.0. The van der Waals surface area contributed by atoms with Gasteiger partial charge in [0.25, 0.3) is 5.91 Å². The third-order valence-electron chi connectivity index (χ3n) is 3.25. The summed E-state index contributed by atoms with van der Waals surface area (Å²) >= 11 is 0. The van der Waals surface area contributed by atoms with Crippen molar-refractivity contribution < 1.29 is 9.63 Å². The molecule has 0 fully saturated rings. The molecule has 0 unspecified atom stereocenters. The smallest absolute Gasteiger partial charge is 0.267 e. The fourth-order valence-corrected chi connectivity index (χ4v) is 1.92. The number of hydrogen-bond acceptors (Lipinski definition) is 3. The van der Waals surface area contributed by atoms with Crippen molar-refractivity contribution in [2.75, 3.05) is 5.32 Å². The van der Waals surface area contributed by atoms with Crippen LogP contribution in [-0.2, 0) is 9.63 Å². The molecule has 2 aromatic rings. The van der Waals surface area contributed by atoms with Gasteiger partial charge in [0, 0.05) is 5.69 Å². The Bertz CT molecular complexity index is 680. The molecule has 0 saturated heterocycles. The molecule has 1 N–H and O–H groups in total. The SMILES string of the molecule is Cc1cccc(NC(=O)[C@@H](C)O/N=C\c2ccccc2C)c1. The highest BCUT2D eigenvalue weighted by Crippen LogP contribution is 2.10. The minimum Gasteiger partial charge on any atom is -0.383 e. The first-order valence-electron chi connectivity index (χ1n) is 7.18. The van der Waals surface area contributed by atoms with Gasteiger partial charge < -0.3 is 10.2 Å². The molecule has 0 aliphatic carbocycles. The van der Waals surface area contributed by atoms with Crippen LogP contribution in [0.3, 0.4) is 0 Å². The topological polar surface area (TPSA) is 50.7 Å². The van der Waals surface area contributed by atoms with Crippen LogP contribution in [-0.4, -0.2) is 18.2 Å². The highest BCUT2D eigenvalue weighted by molar-refractivity contribution is 5.94. The van der Waals surface area contributed by atoms with Crippen LogP contribution in [0.1, 0.15) is 23.6 Å². The Hall–Kier alpha value is -2.62. The van der Waals surface area contributed by atoms with Crippen molar-refractivity contribution in [1.82, 2.24) is 0 Å². The van der Waals surface area contributed by atoms with E-state index in [1.54, 1.807) is 13.1 Å². The number of hydrogen-bond donors (Lipinski definition) is 1. The fraction of sp³-hybridized carbons (Fsp3) is 0.222. The number of aryl methyl sites for hydroxylation is 2. The lowest BCUT2D eigenvalue weighted by Gasteiger charge is -2.11. The van der Waals surface area contributed by atoms with Crippen molar-refractivity contribution in [3.8, 4) is 0 Å². The molecule has 2 aromatic carbocycles. The van der Waals surface area contributed by atoms with E-state index in [1.807, 2.05) is 62.4 Å². The molecule has 22 heavy (non-hydrogen) atoms. The number of rotatable bonds is 5. The molecule has 0 bridgehead atoms. The summed E-state index contributed by atoms with van der Waals surface area (Å²) in [5, 5.41) is 6.70. The van der Waals surface area contributed by atoms with Crippen LogP contribution in [0.2, 0.25) is 0 Å². The number of nitrogens with one attached hydrogen (secondary N) is 1. The van der Waals surface area contributed by atoms with E-state index < -0.39 is 6.10 Å². The van der Waals surface area contributed by atoms with E-state index in [2.05, 4.69) is 10.5 Å². The second kappa shape index (κ2) is 7.41. The van der Waals surface area contributed by atoms with Gasteiger partial charge in [0.05, 0.1) is 6.21 Å². The summed E-state index contributed by atoms with van der Waals surface area (Å²) in [5.41, 5.74) is 3.91. The first kappa shape index (κ1) is 15.8. The quantitative estimate of drug-likeness (QED) is 0.676. The Labute approximate surface area is 130 Å². The third kappa shape index (κ3) is 4.45. The second-order valence-corrected chi connectivity index (χ2v) is 5.20. The van der Waals surface area contributed by atoms with Crippen LogP contribution in [0, 0.1) is 13.8 Å². The molecule has 1 atom stereocenters. The lowest BCUT2D eigenvalue weighted by molar-refractivity contribution is -0.126. The molecular weight excluding hydrogens is 276 g/mol. The summed E-state index contributed by atoms with van der Waals surface area (Å²) in [6, 6.07) is 15.5. The van der Waals surface area contributed by atoms with E-state index in [1.165, 1.54) is 0 Å². The highest BCUT2D eigenvalue weighted by Gasteiger charge is 2.14. The molecule has 2 rings (SSSR count). The number of anilines is 1. The van der Waals surface area contributed by atoms with E-state index in [-0.39, 0.29) is 5.91 Å². The van der Waals surface area contributed by atoms with Crippen LogP contribution in [0.25, 0.3) is 0 Å². The maximum absolute atomic E-state index is 12.0. The van der Waals surface area contributed by atoms with Gasteiger partial charge in [-0.15, -0.1) is 0 Å². The van der Waals surface area contributed by atoms with Gasteiger partial charge in [-0.1, -0.05) is 41.6 Å². The molecule has 0 spiro atoms. The lowest BCUT2D eigenvalue weighted by atomic mass is 10.1. The summed E-state index contributed by atoms with van der Waals surface area (Å²) in [6.07, 6.45) is 0.951. The normalized spacial score (nSPS) is 12.1. The first-order valence-corrected chi connectivity index (χ1v) is 7.18. The predicted octanol–water partition coefficient (Wildman–Crippen LogP) is 3.68. The molecule has 1 amide bonds. The number of amides is 1. The Morgan fingerprint density at radius 1 is 1.18 bits per heavy atom. The minimum atomic E-state index is -0.666. The summed E-state index contributed by atoms with van der Waals surface area (Å²) in [6.45, 7) is 5.64. The minimum absolute atomic E-state index is 0.229. The average Bonchev–Trinajstić information content (AvgIpc) is 2.49. The molecule has 4 heteroatoms. The Morgan fingerprint density at radius 2 is 1.95 bits per heavy atom. The summed E-state index contributed by atoms with van der Waals surface area (Å²) in [4.78, 5) is 17.2. The van der Waals surface area contributed by atoms with Crippen molar-refractivity contribution >= 4 is 17.8 Å². The maximum Gasteiger partial charge on any atom is 0.267 e. The monoisotopic (exact) mass is 296 g/mol. The lowest BCUT2D eigenvalue weighted by Crippen LogP contribution is -2.26. The van der Waals surface area contributed by atoms with E-state index >= 15 is 0 Å². The highest BCUT2D eigenvalue weighted by atomic mass is 16.6. The Balaban J connectivity index is 1.90. The van der Waals surface area contributed by atoms with Crippen LogP contribution >= 0.6 is 0 Å². The standard InChI is InChI=1S/C18H20N2O2/c1-13-7-6-10-17(11-13)20-18(21)15(3)22-19-12-16-9-5-4-8-14(16)2/h4-12,15H,1-3H3,(H,20,21)/b19-12-/t15-/m1/s1. The Morgan fingerprint density at radius 3 is 2.68 bits per heavy atom. The van der Waals surface area contributed by atoms with E-state index in [0.29, 0.717) is 0 Å². The van der Waals surface area contributed by atoms with Gasteiger partial charge in [0.1, 0.15) is 0 Å². The van der Waals surface area contributed by atoms with Gasteiger partial charge >= 0.3 is 0 Å². The van der Waals surface area contributed by atoms with Crippen molar-refractivity contribution in [2.24, 2.45) is 5.16 Å². The number of carbonyl (C=O) groups is 1. The molecule has 114 valence electrons. The van der Waals surface area contributed by atoms with Gasteiger partial charge in [-0.25, -0.2) is 0 Å². The van der Waals surface area contributed by atoms with Gasteiger partial charge in [0.2, 0.25) is 6.10 Å². The molecule has 0 saturated carbocycles. The Kier molecular flexibility index (Phi) is 5.31. The predicted molar refractivity (Wildman–Crippen MR) is 89.1 cm³/mol. The van der Waals surface area contributed by atoms with E-state index in [0.717, 1.165) is 22.4 Å². The van der Waals surface area contributed by atoms with Crippen LogP contribution in [0.4, 0.5) is 5.69 Å². The zero-order valence-electron chi connectivity index (χ0n) is 13.0. The summed E-state index contributed by atoms with van der Waals surface area (Å²) in [7, 11) is 0. The van der Waals surface area contributed by atoms with Crippen LogP contribution in [0.15, 0.2) is 53.7 Å². The summed E-state index contributed by atoms with van der Waals surface area (Å²) in [5.74, 6) is -0.229. The molecule has 0 heterocycles. The van der Waals surface area contributed by atoms with Crippen molar-refractivity contribution in [2.45, 2.75) is 26.9 Å².